The zero-order valence-electron chi connectivity index (χ0n) is 10.2. The Hall–Kier alpha value is -1.80. The predicted molar refractivity (Wildman–Crippen MR) is 74.1 cm³/mol. The van der Waals surface area contributed by atoms with E-state index in [9.17, 15) is 19.7 Å². The van der Waals surface area contributed by atoms with Crippen molar-refractivity contribution in [2.45, 2.75) is 11.3 Å². The number of carbonyl (C=O) groups is 2. The van der Waals surface area contributed by atoms with Crippen molar-refractivity contribution in [1.82, 2.24) is 5.32 Å². The van der Waals surface area contributed by atoms with E-state index in [2.05, 4.69) is 5.32 Å². The summed E-state index contributed by atoms with van der Waals surface area (Å²) in [6.45, 7) is 0.0252. The number of halogens is 1. The van der Waals surface area contributed by atoms with E-state index >= 15 is 0 Å². The molecule has 0 unspecified atom stereocenters. The molecular weight excluding hydrogens is 308 g/mol. The number of nitrogens with zero attached hydrogens (tertiary/aromatic N) is 1. The van der Waals surface area contributed by atoms with E-state index in [0.29, 0.717) is 4.90 Å². The third kappa shape index (κ3) is 5.45. The van der Waals surface area contributed by atoms with E-state index in [1.54, 1.807) is 0 Å². The van der Waals surface area contributed by atoms with Gasteiger partial charge in [-0.1, -0.05) is 11.6 Å². The van der Waals surface area contributed by atoms with Crippen LogP contribution < -0.4 is 5.32 Å². The largest absolute Gasteiger partial charge is 0.481 e. The first kappa shape index (κ1) is 16.3. The molecule has 0 fully saturated rings. The van der Waals surface area contributed by atoms with Crippen LogP contribution >= 0.6 is 23.4 Å². The van der Waals surface area contributed by atoms with Gasteiger partial charge in [0.25, 0.3) is 5.69 Å². The number of rotatable bonds is 7. The Labute approximate surface area is 123 Å². The van der Waals surface area contributed by atoms with Gasteiger partial charge in [-0.15, -0.1) is 11.8 Å². The molecule has 1 aromatic carbocycles. The van der Waals surface area contributed by atoms with Gasteiger partial charge >= 0.3 is 5.97 Å². The number of hydrogen-bond acceptors (Lipinski definition) is 5. The molecule has 1 rings (SSSR count). The number of aliphatic carboxylic acids is 1. The highest BCUT2D eigenvalue weighted by Crippen LogP contribution is 2.31. The van der Waals surface area contributed by atoms with Gasteiger partial charge in [-0.3, -0.25) is 19.7 Å². The number of hydrogen-bond donors (Lipinski definition) is 2. The molecule has 2 N–H and O–H groups in total. The molecule has 9 heteroatoms. The van der Waals surface area contributed by atoms with Crippen molar-refractivity contribution in [3.63, 3.8) is 0 Å². The average molecular weight is 319 g/mol. The van der Waals surface area contributed by atoms with Gasteiger partial charge in [-0.25, -0.2) is 0 Å². The maximum Gasteiger partial charge on any atom is 0.305 e. The normalized spacial score (nSPS) is 10.1. The summed E-state index contributed by atoms with van der Waals surface area (Å²) in [6, 6.07) is 4.18. The molecule has 0 aliphatic heterocycles. The minimum absolute atomic E-state index is 0.0252. The van der Waals surface area contributed by atoms with E-state index in [1.165, 1.54) is 18.2 Å². The van der Waals surface area contributed by atoms with Gasteiger partial charge in [-0.05, 0) is 12.1 Å². The van der Waals surface area contributed by atoms with Crippen LogP contribution in [0.3, 0.4) is 0 Å². The summed E-state index contributed by atoms with van der Waals surface area (Å²) in [6.07, 6.45) is -0.169. The minimum atomic E-state index is -1.01. The number of benzene rings is 1. The Balaban J connectivity index is 2.55. The molecule has 7 nitrogen and oxygen atoms in total. The lowest BCUT2D eigenvalue weighted by Gasteiger charge is -2.04. The number of carboxylic acid groups (broad SMARTS) is 1. The van der Waals surface area contributed by atoms with E-state index in [1.807, 2.05) is 0 Å². The predicted octanol–water partition coefficient (Wildman–Crippen LogP) is 1.93. The smallest absolute Gasteiger partial charge is 0.305 e. The van der Waals surface area contributed by atoms with Crippen LogP contribution in [0.15, 0.2) is 23.1 Å². The number of carbonyl (C=O) groups excluding carboxylic acids is 1. The molecule has 0 bridgehead atoms. The molecule has 0 atom stereocenters. The SMILES string of the molecule is O=C(O)CCNC(=O)CSc1ccc(Cl)cc1[N+](=O)[O-]. The van der Waals surface area contributed by atoms with Crippen molar-refractivity contribution in [3.8, 4) is 0 Å². The monoisotopic (exact) mass is 318 g/mol. The lowest BCUT2D eigenvalue weighted by Crippen LogP contribution is -2.27. The molecule has 0 heterocycles. The van der Waals surface area contributed by atoms with Crippen molar-refractivity contribution in [2.24, 2.45) is 0 Å². The fraction of sp³-hybridized carbons (Fsp3) is 0.273. The van der Waals surface area contributed by atoms with E-state index < -0.39 is 10.9 Å². The molecular formula is C11H11ClN2O5S. The lowest BCUT2D eigenvalue weighted by molar-refractivity contribution is -0.387. The maximum atomic E-state index is 11.4. The number of nitro groups is 1. The Morgan fingerprint density at radius 1 is 1.45 bits per heavy atom. The Kier molecular flexibility index (Phi) is 6.26. The third-order valence-corrected chi connectivity index (χ3v) is 3.44. The fourth-order valence-electron chi connectivity index (χ4n) is 1.26. The first-order chi connectivity index (χ1) is 9.40. The number of amides is 1. The number of nitrogens with one attached hydrogen (secondary N) is 1. The van der Waals surface area contributed by atoms with E-state index in [-0.39, 0.29) is 35.3 Å². The second kappa shape index (κ2) is 7.71. The van der Waals surface area contributed by atoms with Crippen LogP contribution in [-0.2, 0) is 9.59 Å². The molecule has 0 radical (unpaired) electrons. The first-order valence-electron chi connectivity index (χ1n) is 5.45. The second-order valence-corrected chi connectivity index (χ2v) is 5.11. The van der Waals surface area contributed by atoms with Crippen molar-refractivity contribution in [1.29, 1.82) is 0 Å². The van der Waals surface area contributed by atoms with Crippen LogP contribution in [0.2, 0.25) is 5.02 Å². The highest BCUT2D eigenvalue weighted by atomic mass is 35.5. The van der Waals surface area contributed by atoms with Crippen LogP contribution in [0.5, 0.6) is 0 Å². The number of thioether (sulfide) groups is 1. The van der Waals surface area contributed by atoms with E-state index in [0.717, 1.165) is 11.8 Å². The molecule has 0 aromatic heterocycles. The standard InChI is InChI=1S/C11H11ClN2O5S/c12-7-1-2-9(8(5-7)14(18)19)20-6-10(15)13-4-3-11(16)17/h1-2,5H,3-4,6H2,(H,13,15)(H,16,17). The molecule has 0 saturated heterocycles. The summed E-state index contributed by atoms with van der Waals surface area (Å²) in [5.74, 6) is -1.44. The quantitative estimate of drug-likeness (QED) is 0.451. The van der Waals surface area contributed by atoms with Gasteiger partial charge in [0.2, 0.25) is 5.91 Å². The molecule has 20 heavy (non-hydrogen) atoms. The summed E-state index contributed by atoms with van der Waals surface area (Å²) >= 11 is 6.66. The molecule has 1 aromatic rings. The van der Waals surface area contributed by atoms with Crippen LogP contribution in [-0.4, -0.2) is 34.2 Å². The van der Waals surface area contributed by atoms with Gasteiger partial charge in [-0.2, -0.15) is 0 Å². The Bertz CT molecular complexity index is 538. The zero-order valence-corrected chi connectivity index (χ0v) is 11.7. The van der Waals surface area contributed by atoms with Gasteiger partial charge in [0, 0.05) is 17.6 Å². The van der Waals surface area contributed by atoms with Crippen LogP contribution in [0.4, 0.5) is 5.69 Å². The van der Waals surface area contributed by atoms with Crippen LogP contribution in [0.25, 0.3) is 0 Å². The molecule has 108 valence electrons. The summed E-state index contributed by atoms with van der Waals surface area (Å²) in [7, 11) is 0. The topological polar surface area (TPSA) is 110 Å². The zero-order chi connectivity index (χ0) is 15.1. The third-order valence-electron chi connectivity index (χ3n) is 2.14. The van der Waals surface area contributed by atoms with E-state index in [4.69, 9.17) is 16.7 Å². The second-order valence-electron chi connectivity index (χ2n) is 3.65. The molecule has 0 aliphatic rings. The summed E-state index contributed by atoms with van der Waals surface area (Å²) in [5.41, 5.74) is -0.166. The van der Waals surface area contributed by atoms with Gasteiger partial charge < -0.3 is 10.4 Å². The lowest BCUT2D eigenvalue weighted by atomic mass is 10.3. The highest BCUT2D eigenvalue weighted by molar-refractivity contribution is 8.00. The minimum Gasteiger partial charge on any atom is -0.481 e. The fourth-order valence-corrected chi connectivity index (χ4v) is 2.26. The van der Waals surface area contributed by atoms with Crippen LogP contribution in [0, 0.1) is 10.1 Å². The Morgan fingerprint density at radius 3 is 2.75 bits per heavy atom. The van der Waals surface area contributed by atoms with Gasteiger partial charge in [0.15, 0.2) is 0 Å². The average Bonchev–Trinajstić information content (AvgIpc) is 2.36. The highest BCUT2D eigenvalue weighted by Gasteiger charge is 2.15. The van der Waals surface area contributed by atoms with Crippen molar-refractivity contribution in [3.05, 3.63) is 33.3 Å². The number of nitro benzene ring substituents is 1. The maximum absolute atomic E-state index is 11.4. The van der Waals surface area contributed by atoms with Gasteiger partial charge in [0.05, 0.1) is 22.0 Å². The number of carboxylic acids is 1. The van der Waals surface area contributed by atoms with Gasteiger partial charge in [0.1, 0.15) is 0 Å². The van der Waals surface area contributed by atoms with Crippen LogP contribution in [0.1, 0.15) is 6.42 Å². The van der Waals surface area contributed by atoms with Crippen molar-refractivity contribution in [2.75, 3.05) is 12.3 Å². The first-order valence-corrected chi connectivity index (χ1v) is 6.81. The molecule has 0 aliphatic carbocycles. The van der Waals surface area contributed by atoms with Crippen molar-refractivity contribution >= 4 is 40.9 Å². The van der Waals surface area contributed by atoms with Crippen molar-refractivity contribution < 1.29 is 19.6 Å². The summed E-state index contributed by atoms with van der Waals surface area (Å²) in [5, 5.41) is 21.9. The Morgan fingerprint density at radius 2 is 2.15 bits per heavy atom. The summed E-state index contributed by atoms with van der Waals surface area (Å²) in [4.78, 5) is 32.3. The molecule has 0 spiro atoms. The molecule has 0 saturated carbocycles. The summed E-state index contributed by atoms with van der Waals surface area (Å²) < 4.78 is 0. The molecule has 1 amide bonds.